The summed E-state index contributed by atoms with van der Waals surface area (Å²) < 4.78 is 5.44. The maximum Gasteiger partial charge on any atom is 0.225 e. The molecule has 3 rings (SSSR count). The van der Waals surface area contributed by atoms with Crippen LogP contribution in [0.2, 0.25) is 5.28 Å². The minimum atomic E-state index is 0.291. The molecule has 0 aliphatic carbocycles. The number of halogens is 1. The van der Waals surface area contributed by atoms with Crippen molar-refractivity contribution >= 4 is 39.0 Å². The van der Waals surface area contributed by atoms with E-state index in [-0.39, 0.29) is 0 Å². The maximum atomic E-state index is 5.91. The van der Waals surface area contributed by atoms with Gasteiger partial charge in [-0.05, 0) is 35.9 Å². The van der Waals surface area contributed by atoms with Gasteiger partial charge < -0.3 is 10.1 Å². The number of fused-ring (bicyclic) bond motifs is 1. The number of hydrogen-bond acceptors (Lipinski definition) is 5. The first-order valence-electron chi connectivity index (χ1n) is 5.58. The Balaban J connectivity index is 1.90. The molecule has 1 N–H and O–H groups in total. The highest BCUT2D eigenvalue weighted by Crippen LogP contribution is 2.27. The van der Waals surface area contributed by atoms with Crippen molar-refractivity contribution in [2.24, 2.45) is 0 Å². The van der Waals surface area contributed by atoms with Gasteiger partial charge in [0.15, 0.2) is 0 Å². The van der Waals surface area contributed by atoms with E-state index in [0.29, 0.717) is 11.3 Å². The standard InChI is InChI=1S/C11H12ClN3OS/c12-11-14-9(8-3-5-17-10(8)15-11)13-7-2-1-4-16-6-7/h3,5,7H,1-2,4,6H2,(H,13,14,15). The summed E-state index contributed by atoms with van der Waals surface area (Å²) in [5.74, 6) is 0.816. The van der Waals surface area contributed by atoms with Gasteiger partial charge in [-0.25, -0.2) is 9.97 Å². The molecule has 0 saturated carbocycles. The molecule has 17 heavy (non-hydrogen) atoms. The molecular weight excluding hydrogens is 258 g/mol. The zero-order chi connectivity index (χ0) is 11.7. The van der Waals surface area contributed by atoms with Crippen LogP contribution < -0.4 is 5.32 Å². The van der Waals surface area contributed by atoms with Gasteiger partial charge in [0, 0.05) is 6.61 Å². The number of hydrogen-bond donors (Lipinski definition) is 1. The quantitative estimate of drug-likeness (QED) is 0.852. The van der Waals surface area contributed by atoms with E-state index in [0.717, 1.165) is 42.1 Å². The van der Waals surface area contributed by atoms with Crippen molar-refractivity contribution in [1.29, 1.82) is 0 Å². The monoisotopic (exact) mass is 269 g/mol. The second kappa shape index (κ2) is 4.76. The van der Waals surface area contributed by atoms with Crippen LogP contribution >= 0.6 is 22.9 Å². The van der Waals surface area contributed by atoms with Gasteiger partial charge in [0.2, 0.25) is 5.28 Å². The zero-order valence-electron chi connectivity index (χ0n) is 9.15. The van der Waals surface area contributed by atoms with Crippen LogP contribution in [0.4, 0.5) is 5.82 Å². The van der Waals surface area contributed by atoms with E-state index in [1.807, 2.05) is 11.4 Å². The van der Waals surface area contributed by atoms with Crippen LogP contribution in [0.15, 0.2) is 11.4 Å². The lowest BCUT2D eigenvalue weighted by molar-refractivity contribution is 0.0875. The summed E-state index contributed by atoms with van der Waals surface area (Å²) in [7, 11) is 0. The van der Waals surface area contributed by atoms with E-state index in [1.165, 1.54) is 0 Å². The summed E-state index contributed by atoms with van der Waals surface area (Å²) in [5, 5.41) is 6.72. The Morgan fingerprint density at radius 2 is 2.41 bits per heavy atom. The number of nitrogens with zero attached hydrogens (tertiary/aromatic N) is 2. The van der Waals surface area contributed by atoms with Gasteiger partial charge in [0.1, 0.15) is 10.6 Å². The maximum absolute atomic E-state index is 5.91. The molecule has 0 bridgehead atoms. The van der Waals surface area contributed by atoms with E-state index in [1.54, 1.807) is 11.3 Å². The number of rotatable bonds is 2. The largest absolute Gasteiger partial charge is 0.379 e. The van der Waals surface area contributed by atoms with Gasteiger partial charge in [-0.15, -0.1) is 11.3 Å². The predicted molar refractivity (Wildman–Crippen MR) is 69.9 cm³/mol. The molecule has 1 saturated heterocycles. The van der Waals surface area contributed by atoms with Gasteiger partial charge in [-0.2, -0.15) is 0 Å². The van der Waals surface area contributed by atoms with E-state index < -0.39 is 0 Å². The lowest BCUT2D eigenvalue weighted by Gasteiger charge is -2.23. The van der Waals surface area contributed by atoms with Crippen molar-refractivity contribution in [2.75, 3.05) is 18.5 Å². The van der Waals surface area contributed by atoms with E-state index in [2.05, 4.69) is 15.3 Å². The zero-order valence-corrected chi connectivity index (χ0v) is 10.7. The van der Waals surface area contributed by atoms with Crippen molar-refractivity contribution < 1.29 is 4.74 Å². The van der Waals surface area contributed by atoms with Crippen molar-refractivity contribution in [2.45, 2.75) is 18.9 Å². The second-order valence-electron chi connectivity index (χ2n) is 4.04. The highest BCUT2D eigenvalue weighted by atomic mass is 35.5. The third-order valence-corrected chi connectivity index (χ3v) is 3.77. The highest BCUT2D eigenvalue weighted by Gasteiger charge is 2.16. The van der Waals surface area contributed by atoms with Crippen LogP contribution in [0.1, 0.15) is 12.8 Å². The summed E-state index contributed by atoms with van der Waals surface area (Å²) in [5.41, 5.74) is 0. The van der Waals surface area contributed by atoms with Gasteiger partial charge in [0.25, 0.3) is 0 Å². The molecule has 1 aliphatic rings. The summed E-state index contributed by atoms with van der Waals surface area (Å²) in [6, 6.07) is 2.33. The molecule has 0 aromatic carbocycles. The Morgan fingerprint density at radius 1 is 1.47 bits per heavy atom. The molecule has 2 aromatic rings. The van der Waals surface area contributed by atoms with Crippen molar-refractivity contribution in [3.63, 3.8) is 0 Å². The summed E-state index contributed by atoms with van der Waals surface area (Å²) in [6.45, 7) is 1.59. The SMILES string of the molecule is Clc1nc(NC2CCCOC2)c2ccsc2n1. The van der Waals surface area contributed by atoms with E-state index in [9.17, 15) is 0 Å². The molecule has 0 radical (unpaired) electrons. The lowest BCUT2D eigenvalue weighted by Crippen LogP contribution is -2.30. The second-order valence-corrected chi connectivity index (χ2v) is 5.27. The molecule has 4 nitrogen and oxygen atoms in total. The molecule has 1 fully saturated rings. The van der Waals surface area contributed by atoms with Crippen LogP contribution in [0.25, 0.3) is 10.2 Å². The molecule has 90 valence electrons. The molecule has 0 amide bonds. The first-order chi connectivity index (χ1) is 8.33. The highest BCUT2D eigenvalue weighted by molar-refractivity contribution is 7.16. The van der Waals surface area contributed by atoms with Gasteiger partial charge in [0.05, 0.1) is 18.0 Å². The number of aromatic nitrogens is 2. The van der Waals surface area contributed by atoms with Gasteiger partial charge >= 0.3 is 0 Å². The van der Waals surface area contributed by atoms with Crippen molar-refractivity contribution in [3.8, 4) is 0 Å². The van der Waals surface area contributed by atoms with Gasteiger partial charge in [-0.3, -0.25) is 0 Å². The normalized spacial score (nSPS) is 20.6. The Bertz CT molecular complexity index is 524. The Hall–Kier alpha value is -0.910. The van der Waals surface area contributed by atoms with Crippen molar-refractivity contribution in [3.05, 3.63) is 16.7 Å². The molecule has 1 aliphatic heterocycles. The van der Waals surface area contributed by atoms with Crippen LogP contribution in [-0.2, 0) is 4.74 Å². The van der Waals surface area contributed by atoms with Crippen LogP contribution in [0.5, 0.6) is 0 Å². The lowest BCUT2D eigenvalue weighted by atomic mass is 10.1. The molecule has 2 aromatic heterocycles. The van der Waals surface area contributed by atoms with E-state index >= 15 is 0 Å². The topological polar surface area (TPSA) is 47.0 Å². The fourth-order valence-electron chi connectivity index (χ4n) is 1.99. The molecule has 6 heteroatoms. The number of thiophene rings is 1. The van der Waals surface area contributed by atoms with Gasteiger partial charge in [-0.1, -0.05) is 0 Å². The summed E-state index contributed by atoms with van der Waals surface area (Å²) in [4.78, 5) is 9.37. The minimum Gasteiger partial charge on any atom is -0.379 e. The molecule has 3 heterocycles. The average Bonchev–Trinajstić information content (AvgIpc) is 2.78. The Kier molecular flexibility index (Phi) is 3.13. The summed E-state index contributed by atoms with van der Waals surface area (Å²) >= 11 is 7.48. The molecule has 1 atom stereocenters. The fraction of sp³-hybridized carbons (Fsp3) is 0.455. The Morgan fingerprint density at radius 3 is 3.24 bits per heavy atom. The van der Waals surface area contributed by atoms with Crippen LogP contribution in [0, 0.1) is 0 Å². The first kappa shape index (κ1) is 11.2. The number of anilines is 1. The van der Waals surface area contributed by atoms with E-state index in [4.69, 9.17) is 16.3 Å². The third kappa shape index (κ3) is 2.36. The third-order valence-electron chi connectivity index (χ3n) is 2.80. The molecular formula is C11H12ClN3OS. The minimum absolute atomic E-state index is 0.291. The molecule has 0 spiro atoms. The summed E-state index contributed by atoms with van der Waals surface area (Å²) in [6.07, 6.45) is 2.19. The number of nitrogens with one attached hydrogen (secondary N) is 1. The molecule has 1 unspecified atom stereocenters. The average molecular weight is 270 g/mol. The fourth-order valence-corrected chi connectivity index (χ4v) is 2.97. The smallest absolute Gasteiger partial charge is 0.225 e. The first-order valence-corrected chi connectivity index (χ1v) is 6.84. The van der Waals surface area contributed by atoms with Crippen molar-refractivity contribution in [1.82, 2.24) is 9.97 Å². The predicted octanol–water partition coefficient (Wildman–Crippen LogP) is 2.94. The Labute approximate surface area is 108 Å². The van der Waals surface area contributed by atoms with Crippen LogP contribution in [0.3, 0.4) is 0 Å². The van der Waals surface area contributed by atoms with Crippen LogP contribution in [-0.4, -0.2) is 29.2 Å². The number of ether oxygens (including phenoxy) is 1.